The van der Waals surface area contributed by atoms with Gasteiger partial charge in [0.1, 0.15) is 0 Å². The van der Waals surface area contributed by atoms with E-state index < -0.39 is 0 Å². The SMILES string of the molecule is Cc1cc(C)c(NC(=O)CSc2ncccn2)c(Cl)c1. The molecule has 0 aliphatic rings. The van der Waals surface area contributed by atoms with Gasteiger partial charge in [0.25, 0.3) is 0 Å². The number of hydrogen-bond donors (Lipinski definition) is 1. The molecule has 0 aliphatic carbocycles. The lowest BCUT2D eigenvalue weighted by Crippen LogP contribution is -2.15. The van der Waals surface area contributed by atoms with Crippen molar-refractivity contribution in [3.05, 3.63) is 46.7 Å². The normalized spacial score (nSPS) is 10.3. The van der Waals surface area contributed by atoms with Gasteiger partial charge in [-0.05, 0) is 37.1 Å². The van der Waals surface area contributed by atoms with E-state index in [2.05, 4.69) is 15.3 Å². The first-order valence-electron chi connectivity index (χ1n) is 6.02. The fourth-order valence-electron chi connectivity index (χ4n) is 1.74. The predicted molar refractivity (Wildman–Crippen MR) is 82.3 cm³/mol. The molecule has 0 saturated carbocycles. The second-order valence-electron chi connectivity index (χ2n) is 4.31. The van der Waals surface area contributed by atoms with E-state index in [0.717, 1.165) is 11.1 Å². The van der Waals surface area contributed by atoms with Gasteiger partial charge in [-0.3, -0.25) is 4.79 Å². The number of nitrogens with zero attached hydrogens (tertiary/aromatic N) is 2. The molecule has 0 bridgehead atoms. The summed E-state index contributed by atoms with van der Waals surface area (Å²) in [6.07, 6.45) is 3.29. The van der Waals surface area contributed by atoms with Crippen LogP contribution < -0.4 is 5.32 Å². The summed E-state index contributed by atoms with van der Waals surface area (Å²) in [6.45, 7) is 3.88. The van der Waals surface area contributed by atoms with Gasteiger partial charge in [0, 0.05) is 12.4 Å². The van der Waals surface area contributed by atoms with Crippen molar-refractivity contribution in [1.29, 1.82) is 0 Å². The van der Waals surface area contributed by atoms with Crippen LogP contribution in [0.2, 0.25) is 5.02 Å². The van der Waals surface area contributed by atoms with Crippen LogP contribution in [0.25, 0.3) is 0 Å². The van der Waals surface area contributed by atoms with Crippen molar-refractivity contribution in [1.82, 2.24) is 9.97 Å². The van der Waals surface area contributed by atoms with Crippen molar-refractivity contribution in [3.8, 4) is 0 Å². The zero-order chi connectivity index (χ0) is 14.5. The van der Waals surface area contributed by atoms with Gasteiger partial charge in [0.15, 0.2) is 5.16 Å². The van der Waals surface area contributed by atoms with Crippen LogP contribution in [0.1, 0.15) is 11.1 Å². The van der Waals surface area contributed by atoms with Crippen molar-refractivity contribution in [3.63, 3.8) is 0 Å². The molecule has 0 spiro atoms. The number of thioether (sulfide) groups is 1. The van der Waals surface area contributed by atoms with Gasteiger partial charge in [-0.25, -0.2) is 9.97 Å². The average molecular weight is 308 g/mol. The van der Waals surface area contributed by atoms with Crippen LogP contribution >= 0.6 is 23.4 Å². The summed E-state index contributed by atoms with van der Waals surface area (Å²) in [5.41, 5.74) is 2.68. The molecule has 0 radical (unpaired) electrons. The Morgan fingerprint density at radius 1 is 1.30 bits per heavy atom. The van der Waals surface area contributed by atoms with E-state index in [1.807, 2.05) is 26.0 Å². The molecule has 0 atom stereocenters. The molecule has 1 aromatic carbocycles. The number of halogens is 1. The largest absolute Gasteiger partial charge is 0.324 e. The molecule has 0 saturated heterocycles. The maximum absolute atomic E-state index is 11.9. The minimum absolute atomic E-state index is 0.128. The number of aryl methyl sites for hydroxylation is 2. The second-order valence-corrected chi connectivity index (χ2v) is 5.66. The molecule has 1 heterocycles. The molecular formula is C14H14ClN3OS. The number of aromatic nitrogens is 2. The van der Waals surface area contributed by atoms with Gasteiger partial charge in [-0.1, -0.05) is 29.4 Å². The summed E-state index contributed by atoms with van der Waals surface area (Å²) in [7, 11) is 0. The third-order valence-electron chi connectivity index (χ3n) is 2.57. The Balaban J connectivity index is 1.98. The lowest BCUT2D eigenvalue weighted by molar-refractivity contribution is -0.113. The lowest BCUT2D eigenvalue weighted by atomic mass is 10.1. The van der Waals surface area contributed by atoms with Crippen LogP contribution in [0.5, 0.6) is 0 Å². The monoisotopic (exact) mass is 307 g/mol. The third kappa shape index (κ3) is 3.95. The molecule has 2 rings (SSSR count). The molecule has 104 valence electrons. The molecule has 0 unspecified atom stereocenters. The molecule has 2 aromatic rings. The summed E-state index contributed by atoms with van der Waals surface area (Å²) < 4.78 is 0. The standard InChI is InChI=1S/C14H14ClN3OS/c1-9-6-10(2)13(11(15)7-9)18-12(19)8-20-14-16-4-3-5-17-14/h3-7H,8H2,1-2H3,(H,18,19). The number of amides is 1. The van der Waals surface area contributed by atoms with Gasteiger partial charge in [-0.2, -0.15) is 0 Å². The maximum Gasteiger partial charge on any atom is 0.234 e. The molecule has 20 heavy (non-hydrogen) atoms. The van der Waals surface area contributed by atoms with Crippen LogP contribution in [-0.2, 0) is 4.79 Å². The molecule has 1 aromatic heterocycles. The highest BCUT2D eigenvalue weighted by Gasteiger charge is 2.10. The number of carbonyl (C=O) groups is 1. The lowest BCUT2D eigenvalue weighted by Gasteiger charge is -2.11. The zero-order valence-corrected chi connectivity index (χ0v) is 12.8. The van der Waals surface area contributed by atoms with Crippen LogP contribution in [-0.4, -0.2) is 21.6 Å². The minimum atomic E-state index is -0.128. The van der Waals surface area contributed by atoms with Crippen LogP contribution in [0, 0.1) is 13.8 Å². The molecule has 6 heteroatoms. The Bertz CT molecular complexity index is 596. The van der Waals surface area contributed by atoms with E-state index in [0.29, 0.717) is 15.9 Å². The maximum atomic E-state index is 11.9. The van der Waals surface area contributed by atoms with Gasteiger partial charge < -0.3 is 5.32 Å². The highest BCUT2D eigenvalue weighted by Crippen LogP contribution is 2.27. The highest BCUT2D eigenvalue weighted by molar-refractivity contribution is 7.99. The van der Waals surface area contributed by atoms with Crippen LogP contribution in [0.4, 0.5) is 5.69 Å². The van der Waals surface area contributed by atoms with Crippen molar-refractivity contribution in [2.75, 3.05) is 11.1 Å². The van der Waals surface area contributed by atoms with Crippen molar-refractivity contribution in [2.24, 2.45) is 0 Å². The fourth-order valence-corrected chi connectivity index (χ4v) is 2.71. The van der Waals surface area contributed by atoms with E-state index >= 15 is 0 Å². The van der Waals surface area contributed by atoms with E-state index in [1.54, 1.807) is 18.5 Å². The summed E-state index contributed by atoms with van der Waals surface area (Å²) in [5, 5.41) is 3.96. The quantitative estimate of drug-likeness (QED) is 0.694. The summed E-state index contributed by atoms with van der Waals surface area (Å²) in [5.74, 6) is 0.115. The van der Waals surface area contributed by atoms with Gasteiger partial charge >= 0.3 is 0 Å². The predicted octanol–water partition coefficient (Wildman–Crippen LogP) is 3.48. The minimum Gasteiger partial charge on any atom is -0.324 e. The topological polar surface area (TPSA) is 54.9 Å². The molecule has 1 amide bonds. The smallest absolute Gasteiger partial charge is 0.234 e. The number of carbonyl (C=O) groups excluding carboxylic acids is 1. The number of anilines is 1. The molecule has 0 aliphatic heterocycles. The Morgan fingerprint density at radius 3 is 2.65 bits per heavy atom. The highest BCUT2D eigenvalue weighted by atomic mass is 35.5. The Kier molecular flexibility index (Phi) is 4.98. The van der Waals surface area contributed by atoms with E-state index in [1.165, 1.54) is 11.8 Å². The number of benzene rings is 1. The molecule has 1 N–H and O–H groups in total. The number of nitrogens with one attached hydrogen (secondary N) is 1. The summed E-state index contributed by atoms with van der Waals surface area (Å²) >= 11 is 7.44. The van der Waals surface area contributed by atoms with E-state index in [9.17, 15) is 4.79 Å². The van der Waals surface area contributed by atoms with Crippen molar-refractivity contribution < 1.29 is 4.79 Å². The molecule has 4 nitrogen and oxygen atoms in total. The molecular weight excluding hydrogens is 294 g/mol. The first-order chi connectivity index (χ1) is 9.56. The first kappa shape index (κ1) is 14.8. The summed E-state index contributed by atoms with van der Waals surface area (Å²) in [6, 6.07) is 5.55. The van der Waals surface area contributed by atoms with Crippen LogP contribution in [0.3, 0.4) is 0 Å². The number of rotatable bonds is 4. The fraction of sp³-hybridized carbons (Fsp3) is 0.214. The first-order valence-corrected chi connectivity index (χ1v) is 7.39. The van der Waals surface area contributed by atoms with E-state index in [-0.39, 0.29) is 11.7 Å². The van der Waals surface area contributed by atoms with Gasteiger partial charge in [-0.15, -0.1) is 0 Å². The average Bonchev–Trinajstić information content (AvgIpc) is 2.42. The van der Waals surface area contributed by atoms with E-state index in [4.69, 9.17) is 11.6 Å². The van der Waals surface area contributed by atoms with Crippen LogP contribution in [0.15, 0.2) is 35.7 Å². The molecule has 0 fully saturated rings. The van der Waals surface area contributed by atoms with Gasteiger partial charge in [0.05, 0.1) is 16.5 Å². The third-order valence-corrected chi connectivity index (χ3v) is 3.74. The Labute approximate surface area is 127 Å². The van der Waals surface area contributed by atoms with Crippen molar-refractivity contribution in [2.45, 2.75) is 19.0 Å². The van der Waals surface area contributed by atoms with Crippen molar-refractivity contribution >= 4 is 35.0 Å². The Hall–Kier alpha value is -1.59. The van der Waals surface area contributed by atoms with Gasteiger partial charge in [0.2, 0.25) is 5.91 Å². The zero-order valence-electron chi connectivity index (χ0n) is 11.2. The Morgan fingerprint density at radius 2 is 2.00 bits per heavy atom. The number of hydrogen-bond acceptors (Lipinski definition) is 4. The summed E-state index contributed by atoms with van der Waals surface area (Å²) in [4.78, 5) is 20.0. The second kappa shape index (κ2) is 6.72.